The van der Waals surface area contributed by atoms with E-state index in [9.17, 15) is 0 Å². The minimum atomic E-state index is 0.738. The van der Waals surface area contributed by atoms with E-state index in [2.05, 4.69) is 0 Å². The summed E-state index contributed by atoms with van der Waals surface area (Å²) in [5.74, 6) is 0. The highest BCUT2D eigenvalue weighted by Gasteiger charge is 1.91. The Hall–Kier alpha value is -0.625. The second-order valence-corrected chi connectivity index (χ2v) is 2.44. The van der Waals surface area contributed by atoms with Gasteiger partial charge in [-0.15, -0.1) is 0 Å². The zero-order valence-electron chi connectivity index (χ0n) is 5.19. The third-order valence-corrected chi connectivity index (χ3v) is 1.47. The van der Waals surface area contributed by atoms with Crippen molar-refractivity contribution in [2.24, 2.45) is 0 Å². The molecule has 0 bridgehead atoms. The molecule has 0 amide bonds. The second-order valence-electron chi connectivity index (χ2n) is 2.00. The Balaban J connectivity index is 3.17. The molecule has 0 aliphatic rings. The monoisotopic (exact) mass is 139 g/mol. The Morgan fingerprint density at radius 3 is 2.56 bits per heavy atom. The molecule has 0 aromatic heterocycles. The van der Waals surface area contributed by atoms with Gasteiger partial charge in [0.05, 0.1) is 0 Å². The Morgan fingerprint density at radius 1 is 1.44 bits per heavy atom. The van der Waals surface area contributed by atoms with Crippen LogP contribution in [0.4, 0.5) is 5.69 Å². The Labute approximate surface area is 60.2 Å². The number of rotatable bonds is 0. The lowest BCUT2D eigenvalue weighted by molar-refractivity contribution is 1.74. The maximum Gasteiger partial charge on any atom is 0.142 e. The fourth-order valence-electron chi connectivity index (χ4n) is 0.639. The lowest BCUT2D eigenvalue weighted by atomic mass is 9.95. The van der Waals surface area contributed by atoms with Gasteiger partial charge in [-0.25, -0.2) is 0 Å². The van der Waals surface area contributed by atoms with Gasteiger partial charge < -0.3 is 5.73 Å². The molecule has 0 atom stereocenters. The van der Waals surface area contributed by atoms with E-state index in [1.807, 2.05) is 13.9 Å². The molecule has 0 spiro atoms. The SMILES string of the molecule is Bc1cc(Cl)ccc1N. The minimum absolute atomic E-state index is 0.738. The summed E-state index contributed by atoms with van der Waals surface area (Å²) in [6, 6.07) is 5.43. The average molecular weight is 139 g/mol. The van der Waals surface area contributed by atoms with E-state index in [-0.39, 0.29) is 0 Å². The lowest BCUT2D eigenvalue weighted by Gasteiger charge is -1.97. The molecule has 3 heteroatoms. The van der Waals surface area contributed by atoms with Crippen LogP contribution in [0.2, 0.25) is 5.02 Å². The summed E-state index contributed by atoms with van der Waals surface area (Å²) < 4.78 is 0. The Bertz CT molecular complexity index is 224. The molecule has 0 heterocycles. The number of nitrogens with two attached hydrogens (primary N) is 1. The molecule has 0 unspecified atom stereocenters. The van der Waals surface area contributed by atoms with Gasteiger partial charge in [-0.3, -0.25) is 0 Å². The number of anilines is 1. The number of hydrogen-bond donors (Lipinski definition) is 1. The van der Waals surface area contributed by atoms with Crippen LogP contribution in [-0.2, 0) is 0 Å². The van der Waals surface area contributed by atoms with Crippen LogP contribution in [0.5, 0.6) is 0 Å². The third kappa shape index (κ3) is 1.39. The van der Waals surface area contributed by atoms with Crippen molar-refractivity contribution in [2.75, 3.05) is 5.73 Å². The van der Waals surface area contributed by atoms with Crippen molar-refractivity contribution in [1.29, 1.82) is 0 Å². The van der Waals surface area contributed by atoms with Crippen molar-refractivity contribution in [3.63, 3.8) is 0 Å². The van der Waals surface area contributed by atoms with Crippen LogP contribution in [-0.4, -0.2) is 7.85 Å². The van der Waals surface area contributed by atoms with E-state index in [4.69, 9.17) is 17.3 Å². The maximum atomic E-state index is 5.66. The number of halogens is 1. The molecule has 1 nitrogen and oxygen atoms in total. The quantitative estimate of drug-likeness (QED) is 0.403. The van der Waals surface area contributed by atoms with E-state index in [1.54, 1.807) is 12.1 Å². The largest absolute Gasteiger partial charge is 0.399 e. The van der Waals surface area contributed by atoms with Crippen LogP contribution >= 0.6 is 11.6 Å². The summed E-state index contributed by atoms with van der Waals surface area (Å²) in [6.07, 6.45) is 0. The van der Waals surface area contributed by atoms with Crippen LogP contribution in [0.15, 0.2) is 18.2 Å². The van der Waals surface area contributed by atoms with Crippen LogP contribution in [0, 0.1) is 0 Å². The van der Waals surface area contributed by atoms with Gasteiger partial charge in [0, 0.05) is 10.7 Å². The van der Waals surface area contributed by atoms with Crippen molar-refractivity contribution in [2.45, 2.75) is 0 Å². The highest BCUT2D eigenvalue weighted by molar-refractivity contribution is 6.38. The summed E-state index contributed by atoms with van der Waals surface area (Å²) in [4.78, 5) is 0. The Morgan fingerprint density at radius 2 is 2.11 bits per heavy atom. The predicted octanol–water partition coefficient (Wildman–Crippen LogP) is 0.181. The van der Waals surface area contributed by atoms with Crippen LogP contribution in [0.1, 0.15) is 0 Å². The number of nitrogen functional groups attached to an aromatic ring is 1. The Kier molecular flexibility index (Phi) is 1.67. The molecule has 1 rings (SSSR count). The fourth-order valence-corrected chi connectivity index (χ4v) is 0.866. The summed E-state index contributed by atoms with van der Waals surface area (Å²) >= 11 is 5.66. The van der Waals surface area contributed by atoms with Gasteiger partial charge >= 0.3 is 0 Å². The highest BCUT2D eigenvalue weighted by Crippen LogP contribution is 2.06. The molecule has 0 aliphatic heterocycles. The lowest BCUT2D eigenvalue weighted by Crippen LogP contribution is -2.08. The van der Waals surface area contributed by atoms with Crippen LogP contribution < -0.4 is 11.2 Å². The first-order valence-corrected chi connectivity index (χ1v) is 3.09. The summed E-state index contributed by atoms with van der Waals surface area (Å²) in [5, 5.41) is 0.738. The van der Waals surface area contributed by atoms with Crippen molar-refractivity contribution in [1.82, 2.24) is 0 Å². The third-order valence-electron chi connectivity index (χ3n) is 1.23. The molecule has 0 fully saturated rings. The molecule has 46 valence electrons. The average Bonchev–Trinajstić information content (AvgIpc) is 1.80. The fraction of sp³-hybridized carbons (Fsp3) is 0. The van der Waals surface area contributed by atoms with Crippen molar-refractivity contribution in [3.8, 4) is 0 Å². The van der Waals surface area contributed by atoms with Gasteiger partial charge in [-0.05, 0) is 18.2 Å². The molecule has 0 saturated heterocycles. The highest BCUT2D eigenvalue weighted by atomic mass is 35.5. The molecule has 2 N–H and O–H groups in total. The summed E-state index contributed by atoms with van der Waals surface area (Å²) in [5.41, 5.74) is 7.35. The first-order valence-electron chi connectivity index (χ1n) is 2.72. The molecule has 0 radical (unpaired) electrons. The van der Waals surface area contributed by atoms with E-state index in [0.717, 1.165) is 16.2 Å². The second kappa shape index (κ2) is 2.32. The van der Waals surface area contributed by atoms with Crippen LogP contribution in [0.3, 0.4) is 0 Å². The summed E-state index contributed by atoms with van der Waals surface area (Å²) in [6.45, 7) is 0. The van der Waals surface area contributed by atoms with Gasteiger partial charge in [0.25, 0.3) is 0 Å². The molecular formula is C6H7BClN. The first-order chi connectivity index (χ1) is 4.20. The van der Waals surface area contributed by atoms with E-state index >= 15 is 0 Å². The normalized spacial score (nSPS) is 9.44. The van der Waals surface area contributed by atoms with Gasteiger partial charge in [0.15, 0.2) is 0 Å². The van der Waals surface area contributed by atoms with Gasteiger partial charge in [-0.2, -0.15) is 0 Å². The standard InChI is InChI=1S/C6H7BClN/c7-5-3-4(8)1-2-6(5)9/h1-3H,7,9H2. The molecule has 1 aromatic carbocycles. The first kappa shape index (κ1) is 6.49. The zero-order valence-corrected chi connectivity index (χ0v) is 5.94. The molecule has 9 heavy (non-hydrogen) atoms. The topological polar surface area (TPSA) is 26.0 Å². The van der Waals surface area contributed by atoms with E-state index in [0.29, 0.717) is 0 Å². The molecular weight excluding hydrogens is 132 g/mol. The van der Waals surface area contributed by atoms with Gasteiger partial charge in [0.2, 0.25) is 0 Å². The molecule has 0 aliphatic carbocycles. The number of benzene rings is 1. The van der Waals surface area contributed by atoms with Crippen molar-refractivity contribution < 1.29 is 0 Å². The van der Waals surface area contributed by atoms with E-state index in [1.165, 1.54) is 0 Å². The van der Waals surface area contributed by atoms with E-state index < -0.39 is 0 Å². The number of hydrogen-bond acceptors (Lipinski definition) is 1. The predicted molar refractivity (Wildman–Crippen MR) is 44.0 cm³/mol. The van der Waals surface area contributed by atoms with Gasteiger partial charge in [0.1, 0.15) is 7.85 Å². The van der Waals surface area contributed by atoms with Crippen molar-refractivity contribution in [3.05, 3.63) is 23.2 Å². The molecule has 0 saturated carbocycles. The minimum Gasteiger partial charge on any atom is -0.399 e. The summed E-state index contributed by atoms with van der Waals surface area (Å²) in [7, 11) is 1.93. The van der Waals surface area contributed by atoms with Crippen LogP contribution in [0.25, 0.3) is 0 Å². The maximum absolute atomic E-state index is 5.66. The van der Waals surface area contributed by atoms with Gasteiger partial charge in [-0.1, -0.05) is 17.1 Å². The zero-order chi connectivity index (χ0) is 6.85. The molecule has 1 aromatic rings. The smallest absolute Gasteiger partial charge is 0.142 e. The van der Waals surface area contributed by atoms with Crippen molar-refractivity contribution >= 4 is 30.6 Å².